The van der Waals surface area contributed by atoms with Gasteiger partial charge in [0.1, 0.15) is 42.2 Å². The van der Waals surface area contributed by atoms with Crippen molar-refractivity contribution in [1.82, 2.24) is 19.5 Å². The third-order valence-corrected chi connectivity index (χ3v) is 10.6. The van der Waals surface area contributed by atoms with Crippen LogP contribution in [0.15, 0.2) is 122 Å². The summed E-state index contributed by atoms with van der Waals surface area (Å²) >= 11 is 0. The highest BCUT2D eigenvalue weighted by Crippen LogP contribution is 2.55. The zero-order valence-corrected chi connectivity index (χ0v) is 29.0. The van der Waals surface area contributed by atoms with Gasteiger partial charge in [-0.15, -0.1) is 0 Å². The zero-order valence-electron chi connectivity index (χ0n) is 28.1. The number of carbonyl (C=O) groups is 1. The number of nitrogens with zero attached hydrogens (tertiary/aromatic N) is 4. The Balaban J connectivity index is 1.23. The van der Waals surface area contributed by atoms with E-state index in [9.17, 15) is 9.90 Å². The van der Waals surface area contributed by atoms with Crippen LogP contribution in [0.4, 0.5) is 5.82 Å². The number of hydrogen-bond donors (Lipinski definition) is 3. The second-order valence-electron chi connectivity index (χ2n) is 12.4. The Morgan fingerprint density at radius 1 is 0.827 bits per heavy atom. The van der Waals surface area contributed by atoms with E-state index in [-0.39, 0.29) is 11.7 Å². The molecule has 4 heterocycles. The van der Waals surface area contributed by atoms with Crippen LogP contribution in [0, 0.1) is 0 Å². The molecule has 14 heteroatoms. The lowest BCUT2D eigenvalue weighted by atomic mass is 9.64. The van der Waals surface area contributed by atoms with Gasteiger partial charge in [-0.05, 0) is 53.1 Å². The first-order valence-electron chi connectivity index (χ1n) is 16.5. The Morgan fingerprint density at radius 3 is 2.02 bits per heavy atom. The number of aliphatic hydroxyl groups excluding tert-OH is 1. The minimum Gasteiger partial charge on any atom is -0.497 e. The largest absolute Gasteiger partial charge is 0.497 e. The summed E-state index contributed by atoms with van der Waals surface area (Å²) < 4.78 is 31.9. The first-order chi connectivity index (χ1) is 25.4. The van der Waals surface area contributed by atoms with Crippen molar-refractivity contribution in [2.75, 3.05) is 19.5 Å². The molecule has 2 fully saturated rings. The number of anilines is 1. The lowest BCUT2D eigenvalue weighted by molar-refractivity contribution is -0.0980. The van der Waals surface area contributed by atoms with Crippen LogP contribution in [-0.2, 0) is 19.2 Å². The van der Waals surface area contributed by atoms with Gasteiger partial charge in [0.05, 0.1) is 26.0 Å². The minimum absolute atomic E-state index is 0.232. The molecule has 4 aromatic carbocycles. The second-order valence-corrected chi connectivity index (χ2v) is 13.4. The van der Waals surface area contributed by atoms with Crippen LogP contribution in [0.2, 0.25) is 0 Å². The number of nitrogens with one attached hydrogen (secondary N) is 1. The summed E-state index contributed by atoms with van der Waals surface area (Å²) in [5, 5.41) is 15.9. The molecule has 0 aliphatic carbocycles. The Labute approximate surface area is 300 Å². The van der Waals surface area contributed by atoms with Crippen molar-refractivity contribution in [2.24, 2.45) is 5.50 Å². The molecule has 6 aromatic rings. The quantitative estimate of drug-likeness (QED) is 0.123. The van der Waals surface area contributed by atoms with E-state index in [0.29, 0.717) is 28.2 Å². The predicted octanol–water partition coefficient (Wildman–Crippen LogP) is 5.36. The standard InChI is InChI=1S/C38H35N6O7P/c1-47-27-17-13-25(14-18-27)38(24-11-7-4-8-12-24,26-15-19-28(48-2)20-16-26)33(45)31-30-32(51-52(39)50-30)37(49-31)44-22-42-29-34(40-21-41-35(29)44)43-36(46)23-9-5-3-6-10-23/h3-22,30-33,37,45H,39H2,1-2H3,(H,40,41,43,46)/t30-,31+,32-,33?,37-,52?/m1/s1. The number of fused-ring (bicyclic) bond motifs is 2. The molecular weight excluding hydrogens is 683 g/mol. The lowest BCUT2D eigenvalue weighted by Crippen LogP contribution is -2.52. The van der Waals surface area contributed by atoms with Gasteiger partial charge >= 0.3 is 0 Å². The van der Waals surface area contributed by atoms with E-state index in [1.807, 2.05) is 84.9 Å². The van der Waals surface area contributed by atoms with Gasteiger partial charge in [0.25, 0.3) is 14.4 Å². The van der Waals surface area contributed by atoms with Crippen molar-refractivity contribution < 1.29 is 33.2 Å². The number of hydrogen-bond acceptors (Lipinski definition) is 11. The molecule has 2 saturated heterocycles. The number of nitrogens with two attached hydrogens (primary N) is 1. The molecule has 0 saturated carbocycles. The predicted molar refractivity (Wildman–Crippen MR) is 193 cm³/mol. The average Bonchev–Trinajstić information content (AvgIpc) is 3.90. The summed E-state index contributed by atoms with van der Waals surface area (Å²) in [4.78, 5) is 26.4. The molecule has 264 valence electrons. The van der Waals surface area contributed by atoms with E-state index >= 15 is 0 Å². The van der Waals surface area contributed by atoms with Gasteiger partial charge in [-0.1, -0.05) is 72.8 Å². The van der Waals surface area contributed by atoms with Crippen molar-refractivity contribution in [3.8, 4) is 11.5 Å². The van der Waals surface area contributed by atoms with E-state index in [1.165, 1.54) is 6.33 Å². The van der Waals surface area contributed by atoms with Crippen LogP contribution in [0.1, 0.15) is 33.3 Å². The van der Waals surface area contributed by atoms with E-state index in [2.05, 4.69) is 20.3 Å². The third kappa shape index (κ3) is 5.77. The number of aliphatic hydroxyl groups is 1. The van der Waals surface area contributed by atoms with Gasteiger partial charge < -0.3 is 33.7 Å². The third-order valence-electron chi connectivity index (χ3n) is 9.65. The number of imidazole rings is 1. The lowest BCUT2D eigenvalue weighted by Gasteiger charge is -2.43. The molecule has 4 N–H and O–H groups in total. The highest BCUT2D eigenvalue weighted by molar-refractivity contribution is 7.44. The van der Waals surface area contributed by atoms with Gasteiger partial charge in [0.15, 0.2) is 23.2 Å². The summed E-state index contributed by atoms with van der Waals surface area (Å²) in [6, 6.07) is 33.8. The van der Waals surface area contributed by atoms with Crippen LogP contribution in [-0.4, -0.2) is 69.2 Å². The number of methoxy groups -OCH3 is 2. The van der Waals surface area contributed by atoms with E-state index in [4.69, 9.17) is 28.8 Å². The Bertz CT molecular complexity index is 2120. The fraction of sp³-hybridized carbons (Fsp3) is 0.211. The smallest absolute Gasteiger partial charge is 0.256 e. The van der Waals surface area contributed by atoms with Crippen LogP contribution in [0.25, 0.3) is 11.2 Å². The molecule has 13 nitrogen and oxygen atoms in total. The van der Waals surface area contributed by atoms with Crippen molar-refractivity contribution in [1.29, 1.82) is 0 Å². The summed E-state index contributed by atoms with van der Waals surface area (Å²) in [6.07, 6.45) is -1.70. The molecule has 52 heavy (non-hydrogen) atoms. The number of carbonyl (C=O) groups excluding carboxylic acids is 1. The molecule has 2 aliphatic heterocycles. The number of ether oxygens (including phenoxy) is 3. The number of benzene rings is 4. The second kappa shape index (κ2) is 14.0. The van der Waals surface area contributed by atoms with Gasteiger partial charge in [-0.3, -0.25) is 14.9 Å². The van der Waals surface area contributed by atoms with Gasteiger partial charge in [0, 0.05) is 5.56 Å². The normalized spacial score (nSPS) is 21.8. The Morgan fingerprint density at radius 2 is 1.40 bits per heavy atom. The molecule has 1 amide bonds. The minimum atomic E-state index is -1.80. The number of rotatable bonds is 10. The maximum atomic E-state index is 13.0. The van der Waals surface area contributed by atoms with E-state index < -0.39 is 44.6 Å². The van der Waals surface area contributed by atoms with Crippen molar-refractivity contribution >= 4 is 31.4 Å². The molecule has 0 spiro atoms. The Hall–Kier alpha value is -5.27. The first-order valence-corrected chi connectivity index (χ1v) is 17.8. The summed E-state index contributed by atoms with van der Waals surface area (Å²) in [6.45, 7) is 0. The molecule has 2 aromatic heterocycles. The molecular formula is C38H35N6O7P. The molecule has 6 atom stereocenters. The van der Waals surface area contributed by atoms with Crippen molar-refractivity contribution in [2.45, 2.75) is 36.1 Å². The first kappa shape index (κ1) is 33.9. The van der Waals surface area contributed by atoms with Gasteiger partial charge in [0.2, 0.25) is 0 Å². The Kier molecular flexibility index (Phi) is 9.14. The van der Waals surface area contributed by atoms with Crippen molar-refractivity contribution in [3.63, 3.8) is 0 Å². The highest BCUT2D eigenvalue weighted by atomic mass is 31.2. The summed E-state index contributed by atoms with van der Waals surface area (Å²) in [7, 11) is 1.42. The monoisotopic (exact) mass is 718 g/mol. The molecule has 0 radical (unpaired) electrons. The topological polar surface area (TPSA) is 165 Å². The van der Waals surface area contributed by atoms with Crippen LogP contribution in [0.5, 0.6) is 11.5 Å². The van der Waals surface area contributed by atoms with Crippen LogP contribution >= 0.6 is 8.53 Å². The van der Waals surface area contributed by atoms with Gasteiger partial charge in [-0.2, -0.15) is 0 Å². The molecule has 2 aliphatic rings. The molecule has 0 bridgehead atoms. The summed E-state index contributed by atoms with van der Waals surface area (Å²) in [5.41, 5.74) is 8.71. The van der Waals surface area contributed by atoms with Crippen molar-refractivity contribution in [3.05, 3.63) is 144 Å². The fourth-order valence-corrected chi connectivity index (χ4v) is 8.20. The number of amides is 1. The summed E-state index contributed by atoms with van der Waals surface area (Å²) in [5.74, 6) is 1.23. The number of aromatic nitrogens is 4. The molecule has 2 unspecified atom stereocenters. The maximum Gasteiger partial charge on any atom is 0.256 e. The zero-order chi connectivity index (χ0) is 35.8. The van der Waals surface area contributed by atoms with Crippen LogP contribution < -0.4 is 20.3 Å². The SMILES string of the molecule is COc1ccc(C(c2ccccc2)(c2ccc(OC)cc2)C(O)[C@H]2O[C@@H](n3cnc4c(NC(=O)c5ccccc5)ncnc43)[C@@H]3OP(N)O[C@@H]32)cc1. The average molecular weight is 719 g/mol. The van der Waals surface area contributed by atoms with E-state index in [0.717, 1.165) is 16.7 Å². The van der Waals surface area contributed by atoms with Crippen LogP contribution in [0.3, 0.4) is 0 Å². The van der Waals surface area contributed by atoms with E-state index in [1.54, 1.807) is 49.4 Å². The molecule has 8 rings (SSSR count). The van der Waals surface area contributed by atoms with Gasteiger partial charge in [-0.25, -0.2) is 15.0 Å². The maximum absolute atomic E-state index is 13.0. The highest BCUT2D eigenvalue weighted by Gasteiger charge is 2.60. The fourth-order valence-electron chi connectivity index (χ4n) is 7.21.